The van der Waals surface area contributed by atoms with Crippen LogP contribution in [0.15, 0.2) is 42.5 Å². The zero-order valence-corrected chi connectivity index (χ0v) is 16.3. The molecule has 0 bridgehead atoms. The van der Waals surface area contributed by atoms with Crippen molar-refractivity contribution in [3.63, 3.8) is 0 Å². The molecule has 1 heterocycles. The lowest BCUT2D eigenvalue weighted by molar-refractivity contribution is -0.119. The number of hydrogen-bond donors (Lipinski definition) is 2. The van der Waals surface area contributed by atoms with Gasteiger partial charge in [-0.2, -0.15) is 4.80 Å². The molecule has 0 saturated heterocycles. The summed E-state index contributed by atoms with van der Waals surface area (Å²) in [5, 5.41) is 15.0. The number of aromatic nitrogens is 3. The highest BCUT2D eigenvalue weighted by molar-refractivity contribution is 7.80. The van der Waals surface area contributed by atoms with Crippen LogP contribution in [-0.2, 0) is 11.2 Å². The number of rotatable bonds is 6. The molecule has 6 nitrogen and oxygen atoms in total. The van der Waals surface area contributed by atoms with Crippen molar-refractivity contribution in [3.8, 4) is 5.69 Å². The molecule has 0 aliphatic heterocycles. The summed E-state index contributed by atoms with van der Waals surface area (Å²) in [5.41, 5.74) is 4.54. The molecule has 3 aromatic rings. The van der Waals surface area contributed by atoms with E-state index in [1.165, 1.54) is 18.4 Å². The molecule has 1 aromatic heterocycles. The van der Waals surface area contributed by atoms with Crippen LogP contribution in [0.1, 0.15) is 38.7 Å². The first kappa shape index (κ1) is 19.0. The van der Waals surface area contributed by atoms with Crippen molar-refractivity contribution in [1.82, 2.24) is 20.3 Å². The molecule has 0 fully saturated rings. The van der Waals surface area contributed by atoms with Gasteiger partial charge in [-0.15, -0.1) is 10.2 Å². The minimum absolute atomic E-state index is 0.123. The number of thiocarbonyl (C=S) groups is 1. The van der Waals surface area contributed by atoms with E-state index in [-0.39, 0.29) is 11.0 Å². The van der Waals surface area contributed by atoms with Crippen molar-refractivity contribution in [2.75, 3.05) is 5.32 Å². The first-order valence-electron chi connectivity index (χ1n) is 9.16. The van der Waals surface area contributed by atoms with E-state index in [1.807, 2.05) is 30.3 Å². The first-order valence-corrected chi connectivity index (χ1v) is 9.57. The molecule has 0 aliphatic rings. The van der Waals surface area contributed by atoms with E-state index in [9.17, 15) is 4.79 Å². The monoisotopic (exact) mass is 381 g/mol. The zero-order chi connectivity index (χ0) is 19.2. The zero-order valence-electron chi connectivity index (χ0n) is 15.5. The van der Waals surface area contributed by atoms with Gasteiger partial charge in [0.05, 0.1) is 5.69 Å². The van der Waals surface area contributed by atoms with Gasteiger partial charge >= 0.3 is 0 Å². The topological polar surface area (TPSA) is 71.8 Å². The summed E-state index contributed by atoms with van der Waals surface area (Å²) in [7, 11) is 0. The van der Waals surface area contributed by atoms with Crippen LogP contribution in [0, 0.1) is 0 Å². The molecular formula is C20H23N5OS. The maximum Gasteiger partial charge on any atom is 0.225 e. The van der Waals surface area contributed by atoms with E-state index in [0.717, 1.165) is 28.8 Å². The van der Waals surface area contributed by atoms with Gasteiger partial charge in [-0.3, -0.25) is 4.79 Å². The van der Waals surface area contributed by atoms with Crippen LogP contribution >= 0.6 is 12.2 Å². The van der Waals surface area contributed by atoms with Crippen molar-refractivity contribution in [2.45, 2.75) is 39.5 Å². The van der Waals surface area contributed by atoms with Crippen molar-refractivity contribution >= 4 is 40.0 Å². The highest BCUT2D eigenvalue weighted by atomic mass is 32.1. The molecule has 7 heteroatoms. The Kier molecular flexibility index (Phi) is 6.13. The van der Waals surface area contributed by atoms with Gasteiger partial charge in [0, 0.05) is 12.1 Å². The summed E-state index contributed by atoms with van der Waals surface area (Å²) < 4.78 is 0. The van der Waals surface area contributed by atoms with E-state index < -0.39 is 0 Å². The second kappa shape index (κ2) is 8.73. The largest absolute Gasteiger partial charge is 0.332 e. The Morgan fingerprint density at radius 3 is 2.52 bits per heavy atom. The summed E-state index contributed by atoms with van der Waals surface area (Å²) in [4.78, 5) is 13.0. The minimum atomic E-state index is -0.123. The number of nitrogens with zero attached hydrogens (tertiary/aromatic N) is 3. The van der Waals surface area contributed by atoms with Crippen LogP contribution in [-0.4, -0.2) is 26.0 Å². The SMILES string of the molecule is CCCCc1ccc(-n2nc3ccc(NC(=S)NC(=O)CC)cc3n2)cc1. The summed E-state index contributed by atoms with van der Waals surface area (Å²) in [6.07, 6.45) is 3.86. The molecule has 3 rings (SSSR count). The van der Waals surface area contributed by atoms with Crippen molar-refractivity contribution in [2.24, 2.45) is 0 Å². The molecule has 140 valence electrons. The fourth-order valence-electron chi connectivity index (χ4n) is 2.66. The van der Waals surface area contributed by atoms with Gasteiger partial charge in [0.25, 0.3) is 0 Å². The van der Waals surface area contributed by atoms with Crippen molar-refractivity contribution in [1.29, 1.82) is 0 Å². The van der Waals surface area contributed by atoms with E-state index in [4.69, 9.17) is 12.2 Å². The number of hydrogen-bond acceptors (Lipinski definition) is 4. The van der Waals surface area contributed by atoms with Crippen LogP contribution in [0.2, 0.25) is 0 Å². The van der Waals surface area contributed by atoms with Crippen LogP contribution in [0.4, 0.5) is 5.69 Å². The van der Waals surface area contributed by atoms with Gasteiger partial charge in [-0.25, -0.2) is 0 Å². The van der Waals surface area contributed by atoms with E-state index in [0.29, 0.717) is 6.42 Å². The third-order valence-electron chi connectivity index (χ3n) is 4.20. The second-order valence-electron chi connectivity index (χ2n) is 6.32. The number of fused-ring (bicyclic) bond motifs is 1. The Labute approximate surface area is 164 Å². The third kappa shape index (κ3) is 4.89. The summed E-state index contributed by atoms with van der Waals surface area (Å²) >= 11 is 5.14. The molecule has 2 N–H and O–H groups in total. The highest BCUT2D eigenvalue weighted by Gasteiger charge is 2.08. The maximum absolute atomic E-state index is 11.4. The predicted octanol–water partition coefficient (Wildman–Crippen LogP) is 3.99. The lowest BCUT2D eigenvalue weighted by Gasteiger charge is -2.08. The number of carbonyl (C=O) groups is 1. The third-order valence-corrected chi connectivity index (χ3v) is 4.40. The average Bonchev–Trinajstić information content (AvgIpc) is 3.09. The number of aryl methyl sites for hydroxylation is 1. The number of benzene rings is 2. The van der Waals surface area contributed by atoms with Gasteiger partial charge in [-0.1, -0.05) is 32.4 Å². The fourth-order valence-corrected chi connectivity index (χ4v) is 2.89. The Morgan fingerprint density at radius 2 is 1.81 bits per heavy atom. The van der Waals surface area contributed by atoms with Gasteiger partial charge in [0.15, 0.2) is 5.11 Å². The highest BCUT2D eigenvalue weighted by Crippen LogP contribution is 2.18. The number of unbranched alkanes of at least 4 members (excludes halogenated alkanes) is 1. The van der Waals surface area contributed by atoms with Gasteiger partial charge in [0.1, 0.15) is 11.0 Å². The van der Waals surface area contributed by atoms with E-state index >= 15 is 0 Å². The standard InChI is InChI=1S/C20H23N5OS/c1-3-5-6-14-7-10-16(11-8-14)25-23-17-12-9-15(13-18(17)24-25)21-20(27)22-19(26)4-2/h7-13H,3-6H2,1-2H3,(H2,21,22,26,27). The smallest absolute Gasteiger partial charge is 0.225 e. The molecule has 0 radical (unpaired) electrons. The Hall–Kier alpha value is -2.80. The molecule has 27 heavy (non-hydrogen) atoms. The Balaban J connectivity index is 1.75. The lowest BCUT2D eigenvalue weighted by Crippen LogP contribution is -2.33. The average molecular weight is 382 g/mol. The van der Waals surface area contributed by atoms with Crippen LogP contribution in [0.25, 0.3) is 16.7 Å². The van der Waals surface area contributed by atoms with E-state index in [1.54, 1.807) is 11.7 Å². The number of nitrogens with one attached hydrogen (secondary N) is 2. The summed E-state index contributed by atoms with van der Waals surface area (Å²) in [6.45, 7) is 3.97. The number of carbonyl (C=O) groups excluding carboxylic acids is 1. The van der Waals surface area contributed by atoms with Gasteiger partial charge in [-0.05, 0) is 61.0 Å². The Morgan fingerprint density at radius 1 is 1.07 bits per heavy atom. The van der Waals surface area contributed by atoms with Gasteiger partial charge in [0.2, 0.25) is 5.91 Å². The minimum Gasteiger partial charge on any atom is -0.332 e. The number of amides is 1. The molecule has 0 aliphatic carbocycles. The maximum atomic E-state index is 11.4. The van der Waals surface area contributed by atoms with E-state index in [2.05, 4.69) is 39.9 Å². The summed E-state index contributed by atoms with van der Waals surface area (Å²) in [5.74, 6) is -0.123. The quantitative estimate of drug-likeness (QED) is 0.632. The second-order valence-corrected chi connectivity index (χ2v) is 6.73. The Bertz CT molecular complexity index is 949. The fraction of sp³-hybridized carbons (Fsp3) is 0.300. The molecule has 2 aromatic carbocycles. The molecular weight excluding hydrogens is 358 g/mol. The normalized spacial score (nSPS) is 10.7. The van der Waals surface area contributed by atoms with Crippen LogP contribution < -0.4 is 10.6 Å². The molecule has 0 spiro atoms. The van der Waals surface area contributed by atoms with Crippen LogP contribution in [0.5, 0.6) is 0 Å². The van der Waals surface area contributed by atoms with Crippen molar-refractivity contribution < 1.29 is 4.79 Å². The molecule has 0 unspecified atom stereocenters. The van der Waals surface area contributed by atoms with Crippen LogP contribution in [0.3, 0.4) is 0 Å². The van der Waals surface area contributed by atoms with Gasteiger partial charge < -0.3 is 10.6 Å². The van der Waals surface area contributed by atoms with Crippen molar-refractivity contribution in [3.05, 3.63) is 48.0 Å². The molecule has 1 amide bonds. The first-order chi connectivity index (χ1) is 13.1. The lowest BCUT2D eigenvalue weighted by atomic mass is 10.1. The predicted molar refractivity (Wildman–Crippen MR) is 112 cm³/mol. The number of anilines is 1. The molecule has 0 atom stereocenters. The molecule has 0 saturated carbocycles. The summed E-state index contributed by atoms with van der Waals surface area (Å²) in [6, 6.07) is 13.9.